The van der Waals surface area contributed by atoms with Crippen LogP contribution in [0.15, 0.2) is 0 Å². The molecule has 19 heavy (non-hydrogen) atoms. The van der Waals surface area contributed by atoms with Gasteiger partial charge in [0.25, 0.3) is 0 Å². The van der Waals surface area contributed by atoms with Crippen LogP contribution in [-0.4, -0.2) is 41.1 Å². The van der Waals surface area contributed by atoms with Crippen LogP contribution in [0.5, 0.6) is 0 Å². The first-order valence-corrected chi connectivity index (χ1v) is 7.31. The fourth-order valence-corrected chi connectivity index (χ4v) is 3.00. The van der Waals surface area contributed by atoms with Crippen molar-refractivity contribution in [3.05, 3.63) is 0 Å². The number of carboxylic acid groups (broad SMARTS) is 1. The van der Waals surface area contributed by atoms with Crippen molar-refractivity contribution in [3.8, 4) is 0 Å². The van der Waals surface area contributed by atoms with Crippen LogP contribution in [0.3, 0.4) is 0 Å². The van der Waals surface area contributed by atoms with Crippen LogP contribution in [0.4, 0.5) is 0 Å². The van der Waals surface area contributed by atoms with Crippen molar-refractivity contribution >= 4 is 5.97 Å². The van der Waals surface area contributed by atoms with Gasteiger partial charge in [-0.3, -0.25) is 4.79 Å². The Morgan fingerprint density at radius 3 is 2.58 bits per heavy atom. The van der Waals surface area contributed by atoms with Crippen molar-refractivity contribution in [2.45, 2.75) is 65.0 Å². The molecule has 0 aliphatic heterocycles. The Bertz CT molecular complexity index is 325. The molecule has 0 aromatic rings. The number of aliphatic carboxylic acids is 1. The topological polar surface area (TPSA) is 66.6 Å². The molecule has 1 rings (SSSR count). The van der Waals surface area contributed by atoms with Gasteiger partial charge in [0.1, 0.15) is 5.54 Å². The molecule has 0 saturated heterocycles. The summed E-state index contributed by atoms with van der Waals surface area (Å²) in [6.07, 6.45) is 3.37. The normalized spacial score (nSPS) is 29.7. The summed E-state index contributed by atoms with van der Waals surface area (Å²) in [7, 11) is 2.11. The molecule has 1 saturated carbocycles. The Morgan fingerprint density at radius 1 is 1.53 bits per heavy atom. The van der Waals surface area contributed by atoms with Gasteiger partial charge in [-0.15, -0.1) is 0 Å². The SMILES string of the molecule is CC(N(C)CCC1CCCC1(N)C(=O)O)C(C)(C)C. The number of carbonyl (C=O) groups is 1. The maximum atomic E-state index is 11.3. The Hall–Kier alpha value is -0.610. The van der Waals surface area contributed by atoms with E-state index in [-0.39, 0.29) is 11.3 Å². The molecular formula is C15H30N2O2. The molecule has 4 nitrogen and oxygen atoms in total. The Morgan fingerprint density at radius 2 is 2.11 bits per heavy atom. The lowest BCUT2D eigenvalue weighted by Gasteiger charge is -2.37. The van der Waals surface area contributed by atoms with Crippen molar-refractivity contribution in [2.75, 3.05) is 13.6 Å². The predicted molar refractivity (Wildman–Crippen MR) is 78.1 cm³/mol. The van der Waals surface area contributed by atoms with Gasteiger partial charge in [0.05, 0.1) is 0 Å². The molecule has 3 unspecified atom stereocenters. The van der Waals surface area contributed by atoms with Gasteiger partial charge in [-0.25, -0.2) is 0 Å². The number of nitrogens with two attached hydrogens (primary N) is 1. The quantitative estimate of drug-likeness (QED) is 0.804. The van der Waals surface area contributed by atoms with Crippen LogP contribution in [0, 0.1) is 11.3 Å². The van der Waals surface area contributed by atoms with E-state index in [4.69, 9.17) is 5.73 Å². The van der Waals surface area contributed by atoms with Crippen LogP contribution >= 0.6 is 0 Å². The molecule has 3 N–H and O–H groups in total. The average Bonchev–Trinajstić information content (AvgIpc) is 2.66. The van der Waals surface area contributed by atoms with E-state index < -0.39 is 11.5 Å². The van der Waals surface area contributed by atoms with Crippen LogP contribution in [0.2, 0.25) is 0 Å². The first-order chi connectivity index (χ1) is 8.59. The fourth-order valence-electron chi connectivity index (χ4n) is 3.00. The van der Waals surface area contributed by atoms with Gasteiger partial charge in [-0.2, -0.15) is 0 Å². The molecule has 0 heterocycles. The van der Waals surface area contributed by atoms with Crippen LogP contribution < -0.4 is 5.73 Å². The van der Waals surface area contributed by atoms with E-state index in [0.29, 0.717) is 12.5 Å². The molecule has 0 radical (unpaired) electrons. The van der Waals surface area contributed by atoms with E-state index >= 15 is 0 Å². The van der Waals surface area contributed by atoms with Crippen LogP contribution in [0.1, 0.15) is 53.4 Å². The van der Waals surface area contributed by atoms with Crippen molar-refractivity contribution in [1.82, 2.24) is 4.90 Å². The minimum atomic E-state index is -0.994. The van der Waals surface area contributed by atoms with Gasteiger partial charge < -0.3 is 15.7 Å². The summed E-state index contributed by atoms with van der Waals surface area (Å²) < 4.78 is 0. The molecule has 1 aliphatic rings. The summed E-state index contributed by atoms with van der Waals surface area (Å²) in [5.74, 6) is -0.721. The number of nitrogens with zero attached hydrogens (tertiary/aromatic N) is 1. The van der Waals surface area contributed by atoms with E-state index in [1.807, 2.05) is 0 Å². The lowest BCUT2D eigenvalue weighted by atomic mass is 9.84. The number of hydrogen-bond donors (Lipinski definition) is 2. The van der Waals surface area contributed by atoms with E-state index in [9.17, 15) is 9.90 Å². The smallest absolute Gasteiger partial charge is 0.323 e. The minimum Gasteiger partial charge on any atom is -0.480 e. The summed E-state index contributed by atoms with van der Waals surface area (Å²) in [6.45, 7) is 9.83. The van der Waals surface area contributed by atoms with Gasteiger partial charge >= 0.3 is 5.97 Å². The van der Waals surface area contributed by atoms with Gasteiger partial charge in [0, 0.05) is 6.04 Å². The molecule has 0 aromatic carbocycles. The molecule has 0 aromatic heterocycles. The Kier molecular flexibility index (Phi) is 5.02. The maximum Gasteiger partial charge on any atom is 0.323 e. The summed E-state index contributed by atoms with van der Waals surface area (Å²) in [5, 5.41) is 9.31. The predicted octanol–water partition coefficient (Wildman–Crippen LogP) is 2.33. The third kappa shape index (κ3) is 3.69. The third-order valence-corrected chi connectivity index (χ3v) is 5.01. The second kappa shape index (κ2) is 5.80. The summed E-state index contributed by atoms with van der Waals surface area (Å²) >= 11 is 0. The molecular weight excluding hydrogens is 240 g/mol. The first-order valence-electron chi connectivity index (χ1n) is 7.31. The van der Waals surface area contributed by atoms with Crippen molar-refractivity contribution in [3.63, 3.8) is 0 Å². The van der Waals surface area contributed by atoms with Crippen molar-refractivity contribution in [2.24, 2.45) is 17.1 Å². The first kappa shape index (κ1) is 16.4. The van der Waals surface area contributed by atoms with Crippen molar-refractivity contribution < 1.29 is 9.90 Å². The fraction of sp³-hybridized carbons (Fsp3) is 0.933. The molecule has 3 atom stereocenters. The van der Waals surface area contributed by atoms with Crippen molar-refractivity contribution in [1.29, 1.82) is 0 Å². The lowest BCUT2D eigenvalue weighted by molar-refractivity contribution is -0.144. The summed E-state index contributed by atoms with van der Waals surface area (Å²) in [4.78, 5) is 13.7. The average molecular weight is 270 g/mol. The van der Waals surface area contributed by atoms with Gasteiger partial charge in [0.15, 0.2) is 0 Å². The molecule has 0 amide bonds. The molecule has 112 valence electrons. The highest BCUT2D eigenvalue weighted by Gasteiger charge is 2.45. The zero-order valence-corrected chi connectivity index (χ0v) is 13.1. The largest absolute Gasteiger partial charge is 0.480 e. The molecule has 1 aliphatic carbocycles. The Labute approximate surface area is 117 Å². The van der Waals surface area contributed by atoms with Crippen LogP contribution in [-0.2, 0) is 4.79 Å². The van der Waals surface area contributed by atoms with E-state index in [2.05, 4.69) is 39.6 Å². The zero-order chi connectivity index (χ0) is 14.8. The Balaban J connectivity index is 2.55. The van der Waals surface area contributed by atoms with Gasteiger partial charge in [0.2, 0.25) is 0 Å². The summed E-state index contributed by atoms with van der Waals surface area (Å²) in [5.41, 5.74) is 5.32. The number of rotatable bonds is 5. The minimum absolute atomic E-state index is 0.111. The molecule has 0 spiro atoms. The molecule has 1 fully saturated rings. The van der Waals surface area contributed by atoms with E-state index in [0.717, 1.165) is 25.8 Å². The summed E-state index contributed by atoms with van der Waals surface area (Å²) in [6, 6.07) is 0.464. The van der Waals surface area contributed by atoms with E-state index in [1.165, 1.54) is 0 Å². The van der Waals surface area contributed by atoms with E-state index in [1.54, 1.807) is 0 Å². The van der Waals surface area contributed by atoms with Crippen LogP contribution in [0.25, 0.3) is 0 Å². The lowest BCUT2D eigenvalue weighted by Crippen LogP contribution is -2.52. The number of carboxylic acids is 1. The highest BCUT2D eigenvalue weighted by Crippen LogP contribution is 2.36. The second-order valence-corrected chi connectivity index (χ2v) is 7.25. The highest BCUT2D eigenvalue weighted by molar-refractivity contribution is 5.79. The molecule has 4 heteroatoms. The maximum absolute atomic E-state index is 11.3. The highest BCUT2D eigenvalue weighted by atomic mass is 16.4. The molecule has 0 bridgehead atoms. The third-order valence-electron chi connectivity index (χ3n) is 5.01. The monoisotopic (exact) mass is 270 g/mol. The second-order valence-electron chi connectivity index (χ2n) is 7.25. The standard InChI is InChI=1S/C15H30N2O2/c1-11(14(2,3)4)17(5)10-8-12-7-6-9-15(12,16)13(18)19/h11-12H,6-10,16H2,1-5H3,(H,18,19). The number of hydrogen-bond acceptors (Lipinski definition) is 3. The zero-order valence-electron chi connectivity index (χ0n) is 13.1. The van der Waals surface area contributed by atoms with Gasteiger partial charge in [-0.05, 0) is 51.1 Å². The van der Waals surface area contributed by atoms with Gasteiger partial charge in [-0.1, -0.05) is 27.2 Å².